The van der Waals surface area contributed by atoms with E-state index in [0.717, 1.165) is 31.6 Å². The zero-order valence-corrected chi connectivity index (χ0v) is 14.9. The number of aryl methyl sites for hydroxylation is 1. The summed E-state index contributed by atoms with van der Waals surface area (Å²) < 4.78 is 5.53. The summed E-state index contributed by atoms with van der Waals surface area (Å²) in [6.45, 7) is 7.19. The predicted octanol–water partition coefficient (Wildman–Crippen LogP) is 3.70. The second-order valence-corrected chi connectivity index (χ2v) is 8.58. The molecule has 1 aliphatic carbocycles. The number of carbonyl (C=O) groups excluding carboxylic acids is 1. The first-order chi connectivity index (χ1) is 11.3. The molecule has 0 radical (unpaired) electrons. The van der Waals surface area contributed by atoms with E-state index in [-0.39, 0.29) is 11.6 Å². The van der Waals surface area contributed by atoms with Gasteiger partial charge in [-0.3, -0.25) is 0 Å². The number of amides is 1. The van der Waals surface area contributed by atoms with Crippen molar-refractivity contribution in [2.24, 2.45) is 0 Å². The van der Waals surface area contributed by atoms with Crippen LogP contribution in [0.25, 0.3) is 0 Å². The van der Waals surface area contributed by atoms with E-state index in [1.54, 1.807) is 0 Å². The van der Waals surface area contributed by atoms with Gasteiger partial charge in [-0.25, -0.2) is 9.78 Å². The first-order valence-corrected chi connectivity index (χ1v) is 9.10. The van der Waals surface area contributed by atoms with E-state index in [4.69, 9.17) is 9.72 Å². The molecule has 24 heavy (non-hydrogen) atoms. The van der Waals surface area contributed by atoms with Gasteiger partial charge in [-0.05, 0) is 64.5 Å². The Balaban J connectivity index is 1.47. The molecular weight excluding hydrogens is 302 g/mol. The van der Waals surface area contributed by atoms with Gasteiger partial charge in [0, 0.05) is 24.7 Å². The van der Waals surface area contributed by atoms with Crippen LogP contribution in [0.4, 0.5) is 10.6 Å². The van der Waals surface area contributed by atoms with Crippen LogP contribution < -0.4 is 5.32 Å². The van der Waals surface area contributed by atoms with E-state index >= 15 is 0 Å². The van der Waals surface area contributed by atoms with Gasteiger partial charge in [0.2, 0.25) is 0 Å². The van der Waals surface area contributed by atoms with E-state index in [0.29, 0.717) is 12.5 Å². The maximum Gasteiger partial charge on any atom is 0.410 e. The van der Waals surface area contributed by atoms with Crippen LogP contribution in [0.3, 0.4) is 0 Å². The van der Waals surface area contributed by atoms with E-state index in [9.17, 15) is 4.79 Å². The fourth-order valence-corrected chi connectivity index (χ4v) is 3.77. The summed E-state index contributed by atoms with van der Waals surface area (Å²) in [5.41, 5.74) is 2.04. The van der Waals surface area contributed by atoms with Gasteiger partial charge >= 0.3 is 6.09 Å². The number of hydrogen-bond acceptors (Lipinski definition) is 4. The average Bonchev–Trinajstić information content (AvgIpc) is 3.28. The summed E-state index contributed by atoms with van der Waals surface area (Å²) in [5.74, 6) is 1.70. The molecule has 1 unspecified atom stereocenters. The summed E-state index contributed by atoms with van der Waals surface area (Å²) in [7, 11) is 0. The predicted molar refractivity (Wildman–Crippen MR) is 93.3 cm³/mol. The number of rotatable bonds is 1. The number of hydrogen-bond donors (Lipinski definition) is 1. The third-order valence-corrected chi connectivity index (χ3v) is 5.26. The van der Waals surface area contributed by atoms with Crippen LogP contribution in [0.2, 0.25) is 0 Å². The Bertz CT molecular complexity index is 663. The van der Waals surface area contributed by atoms with E-state index in [2.05, 4.69) is 17.4 Å². The van der Waals surface area contributed by atoms with Crippen molar-refractivity contribution in [1.29, 1.82) is 0 Å². The maximum absolute atomic E-state index is 12.3. The van der Waals surface area contributed by atoms with Crippen molar-refractivity contribution in [3.8, 4) is 0 Å². The van der Waals surface area contributed by atoms with Gasteiger partial charge in [-0.1, -0.05) is 6.07 Å². The van der Waals surface area contributed by atoms with E-state index in [1.165, 1.54) is 24.1 Å². The largest absolute Gasteiger partial charge is 0.444 e. The van der Waals surface area contributed by atoms with Gasteiger partial charge < -0.3 is 15.0 Å². The molecule has 2 aliphatic heterocycles. The standard InChI is InChI=1S/C19H27N3O2/c1-18(2,3)24-17(23)22-11-10-19(12-22)9-8-14-6-7-15(13-4-5-13)20-16(14)21-19/h6-7,13H,4-5,8-12H2,1-3H3,(H,20,21). The zero-order valence-electron chi connectivity index (χ0n) is 14.9. The van der Waals surface area contributed by atoms with Gasteiger partial charge in [0.15, 0.2) is 0 Å². The SMILES string of the molecule is CC(C)(C)OC(=O)N1CCC2(CCc3ccc(C4CC4)nc3N2)C1. The molecule has 1 saturated heterocycles. The molecule has 130 valence electrons. The molecule has 1 atom stereocenters. The summed E-state index contributed by atoms with van der Waals surface area (Å²) in [4.78, 5) is 19.1. The lowest BCUT2D eigenvalue weighted by molar-refractivity contribution is 0.0285. The second kappa shape index (κ2) is 5.36. The van der Waals surface area contributed by atoms with E-state index < -0.39 is 5.60 Å². The summed E-state index contributed by atoms with van der Waals surface area (Å²) in [6.07, 6.45) is 5.37. The number of likely N-dealkylation sites (tertiary alicyclic amines) is 1. The third kappa shape index (κ3) is 3.08. The zero-order chi connectivity index (χ0) is 16.9. The number of ether oxygens (including phenoxy) is 1. The molecule has 1 spiro atoms. The Hall–Kier alpha value is -1.78. The number of nitrogens with zero attached hydrogens (tertiary/aromatic N) is 2. The van der Waals surface area contributed by atoms with Crippen molar-refractivity contribution < 1.29 is 9.53 Å². The summed E-state index contributed by atoms with van der Waals surface area (Å²) in [6, 6.07) is 4.42. The molecule has 0 bridgehead atoms. The van der Waals surface area contributed by atoms with Crippen molar-refractivity contribution in [2.45, 2.75) is 69.9 Å². The van der Waals surface area contributed by atoms with Crippen molar-refractivity contribution in [2.75, 3.05) is 18.4 Å². The smallest absolute Gasteiger partial charge is 0.410 e. The lowest BCUT2D eigenvalue weighted by Crippen LogP contribution is -2.46. The van der Waals surface area contributed by atoms with E-state index in [1.807, 2.05) is 25.7 Å². The summed E-state index contributed by atoms with van der Waals surface area (Å²) >= 11 is 0. The van der Waals surface area contributed by atoms with Crippen LogP contribution in [0.5, 0.6) is 0 Å². The van der Waals surface area contributed by atoms with Crippen LogP contribution >= 0.6 is 0 Å². The Labute approximate surface area is 143 Å². The van der Waals surface area contributed by atoms with Gasteiger partial charge in [-0.2, -0.15) is 0 Å². The first-order valence-electron chi connectivity index (χ1n) is 9.10. The quantitative estimate of drug-likeness (QED) is 0.853. The highest BCUT2D eigenvalue weighted by molar-refractivity contribution is 5.69. The van der Waals surface area contributed by atoms with Gasteiger partial charge in [-0.15, -0.1) is 0 Å². The highest BCUT2D eigenvalue weighted by atomic mass is 16.6. The Morgan fingerprint density at radius 3 is 2.83 bits per heavy atom. The van der Waals surface area contributed by atoms with Crippen molar-refractivity contribution in [3.63, 3.8) is 0 Å². The molecule has 1 amide bonds. The van der Waals surface area contributed by atoms with Crippen LogP contribution in [-0.2, 0) is 11.2 Å². The Morgan fingerprint density at radius 2 is 2.12 bits per heavy atom. The normalized spacial score (nSPS) is 26.2. The molecule has 5 nitrogen and oxygen atoms in total. The molecular formula is C19H27N3O2. The minimum Gasteiger partial charge on any atom is -0.444 e. The first kappa shape index (κ1) is 15.7. The van der Waals surface area contributed by atoms with Crippen LogP contribution in [0.15, 0.2) is 12.1 Å². The number of anilines is 1. The molecule has 4 rings (SSSR count). The molecule has 2 fully saturated rings. The number of carbonyl (C=O) groups is 1. The molecule has 1 aromatic rings. The molecule has 3 aliphatic rings. The molecule has 1 N–H and O–H groups in total. The molecule has 1 saturated carbocycles. The van der Waals surface area contributed by atoms with Gasteiger partial charge in [0.1, 0.15) is 11.4 Å². The van der Waals surface area contributed by atoms with Crippen LogP contribution in [0.1, 0.15) is 63.6 Å². The minimum absolute atomic E-state index is 0.0426. The number of aromatic nitrogens is 1. The van der Waals surface area contributed by atoms with Crippen LogP contribution in [-0.4, -0.2) is 40.2 Å². The average molecular weight is 329 g/mol. The molecule has 1 aromatic heterocycles. The van der Waals surface area contributed by atoms with Crippen molar-refractivity contribution in [3.05, 3.63) is 23.4 Å². The third-order valence-electron chi connectivity index (χ3n) is 5.26. The molecule has 0 aromatic carbocycles. The highest BCUT2D eigenvalue weighted by Crippen LogP contribution is 2.42. The van der Waals surface area contributed by atoms with Crippen LogP contribution in [0, 0.1) is 0 Å². The number of fused-ring (bicyclic) bond motifs is 1. The lowest BCUT2D eigenvalue weighted by Gasteiger charge is -2.36. The number of nitrogens with one attached hydrogen (secondary N) is 1. The lowest BCUT2D eigenvalue weighted by atomic mass is 9.86. The topological polar surface area (TPSA) is 54.5 Å². The maximum atomic E-state index is 12.3. The Morgan fingerprint density at radius 1 is 1.33 bits per heavy atom. The van der Waals surface area contributed by atoms with Gasteiger partial charge in [0.05, 0.1) is 5.54 Å². The fourth-order valence-electron chi connectivity index (χ4n) is 3.77. The molecule has 3 heterocycles. The minimum atomic E-state index is -0.444. The number of pyridine rings is 1. The second-order valence-electron chi connectivity index (χ2n) is 8.58. The van der Waals surface area contributed by atoms with Crippen molar-refractivity contribution >= 4 is 11.9 Å². The fraction of sp³-hybridized carbons (Fsp3) is 0.684. The summed E-state index contributed by atoms with van der Waals surface area (Å²) in [5, 5.41) is 3.68. The highest BCUT2D eigenvalue weighted by Gasteiger charge is 2.43. The van der Waals surface area contributed by atoms with Gasteiger partial charge in [0.25, 0.3) is 0 Å². The molecule has 5 heteroatoms. The Kier molecular flexibility index (Phi) is 3.52. The monoisotopic (exact) mass is 329 g/mol. The van der Waals surface area contributed by atoms with Crippen molar-refractivity contribution in [1.82, 2.24) is 9.88 Å².